The Hall–Kier alpha value is -2.33. The third-order valence-corrected chi connectivity index (χ3v) is 2.74. The van der Waals surface area contributed by atoms with Crippen LogP contribution < -0.4 is 0 Å². The minimum Gasteiger partial charge on any atom is -0.337 e. The van der Waals surface area contributed by atoms with Crippen LogP contribution in [0.15, 0.2) is 18.2 Å². The van der Waals surface area contributed by atoms with E-state index in [1.165, 1.54) is 0 Å². The van der Waals surface area contributed by atoms with E-state index in [1.54, 1.807) is 4.90 Å². The first-order chi connectivity index (χ1) is 9.08. The maximum atomic E-state index is 12.4. The summed E-state index contributed by atoms with van der Waals surface area (Å²) in [5.41, 5.74) is 2.68. The van der Waals surface area contributed by atoms with Crippen LogP contribution in [0.25, 0.3) is 0 Å². The molecule has 4 heteroatoms. The molecule has 0 unspecified atom stereocenters. The molecule has 0 spiro atoms. The van der Waals surface area contributed by atoms with Crippen LogP contribution in [0.5, 0.6) is 0 Å². The lowest BCUT2D eigenvalue weighted by atomic mass is 10.1. The third kappa shape index (κ3) is 4.44. The standard InChI is InChI=1S/C15H17N3O/c1-12-9-13(2)11-14(10-12)15(19)18(7-3-5-16)8-4-6-17/h9-11H,3-4,7-8H2,1-2H3. The van der Waals surface area contributed by atoms with Crippen molar-refractivity contribution >= 4 is 5.91 Å². The van der Waals surface area contributed by atoms with Crippen LogP contribution in [0.3, 0.4) is 0 Å². The Kier molecular flexibility index (Phi) is 5.57. The van der Waals surface area contributed by atoms with Crippen LogP contribution in [0, 0.1) is 36.5 Å². The van der Waals surface area contributed by atoms with Crippen LogP contribution in [0.4, 0.5) is 0 Å². The quantitative estimate of drug-likeness (QED) is 0.812. The number of carbonyl (C=O) groups is 1. The molecule has 1 aromatic rings. The van der Waals surface area contributed by atoms with Gasteiger partial charge in [0.15, 0.2) is 0 Å². The predicted molar refractivity (Wildman–Crippen MR) is 72.3 cm³/mol. The second-order valence-corrected chi connectivity index (χ2v) is 4.48. The van der Waals surface area contributed by atoms with Crippen molar-refractivity contribution in [3.05, 3.63) is 34.9 Å². The molecule has 0 radical (unpaired) electrons. The van der Waals surface area contributed by atoms with Gasteiger partial charge in [0.05, 0.1) is 25.0 Å². The molecular weight excluding hydrogens is 238 g/mol. The fraction of sp³-hybridized carbons (Fsp3) is 0.400. The molecular formula is C15H17N3O. The van der Waals surface area contributed by atoms with E-state index in [2.05, 4.69) is 0 Å². The number of nitrogens with zero attached hydrogens (tertiary/aromatic N) is 3. The van der Waals surface area contributed by atoms with Gasteiger partial charge in [-0.15, -0.1) is 0 Å². The number of rotatable bonds is 5. The van der Waals surface area contributed by atoms with Gasteiger partial charge >= 0.3 is 0 Å². The van der Waals surface area contributed by atoms with Gasteiger partial charge < -0.3 is 4.90 Å². The predicted octanol–water partition coefficient (Wildman–Crippen LogP) is 2.57. The van der Waals surface area contributed by atoms with E-state index in [0.29, 0.717) is 18.7 Å². The summed E-state index contributed by atoms with van der Waals surface area (Å²) >= 11 is 0. The van der Waals surface area contributed by atoms with E-state index in [1.807, 2.05) is 44.2 Å². The zero-order chi connectivity index (χ0) is 14.3. The molecule has 0 aliphatic heterocycles. The highest BCUT2D eigenvalue weighted by molar-refractivity contribution is 5.94. The summed E-state index contributed by atoms with van der Waals surface area (Å²) in [6.07, 6.45) is 0.559. The molecule has 1 amide bonds. The molecule has 0 fully saturated rings. The highest BCUT2D eigenvalue weighted by Gasteiger charge is 2.15. The third-order valence-electron chi connectivity index (χ3n) is 2.74. The second-order valence-electron chi connectivity index (χ2n) is 4.48. The van der Waals surface area contributed by atoms with Crippen molar-refractivity contribution in [2.24, 2.45) is 0 Å². The molecule has 0 aliphatic rings. The monoisotopic (exact) mass is 255 g/mol. The topological polar surface area (TPSA) is 67.9 Å². The fourth-order valence-electron chi connectivity index (χ4n) is 1.97. The largest absolute Gasteiger partial charge is 0.337 e. The number of benzene rings is 1. The van der Waals surface area contributed by atoms with Crippen molar-refractivity contribution in [3.63, 3.8) is 0 Å². The van der Waals surface area contributed by atoms with Gasteiger partial charge in [-0.2, -0.15) is 10.5 Å². The number of amides is 1. The highest BCUT2D eigenvalue weighted by Crippen LogP contribution is 2.12. The van der Waals surface area contributed by atoms with Crippen LogP contribution in [-0.4, -0.2) is 23.9 Å². The normalized spacial score (nSPS) is 9.47. The van der Waals surface area contributed by atoms with Gasteiger partial charge in [-0.25, -0.2) is 0 Å². The molecule has 0 bridgehead atoms. The first-order valence-electron chi connectivity index (χ1n) is 6.20. The van der Waals surface area contributed by atoms with Gasteiger partial charge in [-0.1, -0.05) is 17.2 Å². The van der Waals surface area contributed by atoms with Gasteiger partial charge in [0, 0.05) is 18.7 Å². The summed E-state index contributed by atoms with van der Waals surface area (Å²) in [4.78, 5) is 13.9. The Balaban J connectivity index is 2.91. The van der Waals surface area contributed by atoms with Gasteiger partial charge in [-0.3, -0.25) is 4.79 Å². The van der Waals surface area contributed by atoms with Gasteiger partial charge in [0.2, 0.25) is 0 Å². The Morgan fingerprint density at radius 2 is 1.53 bits per heavy atom. The number of nitriles is 2. The molecule has 19 heavy (non-hydrogen) atoms. The number of aryl methyl sites for hydroxylation is 2. The Bertz CT molecular complexity index is 499. The highest BCUT2D eigenvalue weighted by atomic mass is 16.2. The minimum absolute atomic E-state index is 0.114. The molecule has 4 nitrogen and oxygen atoms in total. The number of hydrogen-bond donors (Lipinski definition) is 0. The van der Waals surface area contributed by atoms with Gasteiger partial charge in [-0.05, 0) is 26.0 Å². The molecule has 0 atom stereocenters. The molecule has 0 aliphatic carbocycles. The summed E-state index contributed by atoms with van der Waals surface area (Å²) in [7, 11) is 0. The van der Waals surface area contributed by atoms with Crippen molar-refractivity contribution in [2.75, 3.05) is 13.1 Å². The minimum atomic E-state index is -0.114. The zero-order valence-electron chi connectivity index (χ0n) is 11.3. The van der Waals surface area contributed by atoms with E-state index >= 15 is 0 Å². The molecule has 98 valence electrons. The van der Waals surface area contributed by atoms with E-state index in [9.17, 15) is 4.79 Å². The fourth-order valence-corrected chi connectivity index (χ4v) is 1.97. The van der Waals surface area contributed by atoms with E-state index in [-0.39, 0.29) is 18.7 Å². The molecule has 0 saturated heterocycles. The average molecular weight is 255 g/mol. The lowest BCUT2D eigenvalue weighted by molar-refractivity contribution is 0.0762. The maximum Gasteiger partial charge on any atom is 0.253 e. The van der Waals surface area contributed by atoms with E-state index in [0.717, 1.165) is 11.1 Å². The van der Waals surface area contributed by atoms with Crippen molar-refractivity contribution in [1.29, 1.82) is 10.5 Å². The molecule has 0 aromatic heterocycles. The maximum absolute atomic E-state index is 12.4. The van der Waals surface area contributed by atoms with Crippen molar-refractivity contribution in [1.82, 2.24) is 4.90 Å². The summed E-state index contributed by atoms with van der Waals surface area (Å²) in [6.45, 7) is 4.62. The summed E-state index contributed by atoms with van der Waals surface area (Å²) in [5.74, 6) is -0.114. The van der Waals surface area contributed by atoms with Crippen LogP contribution in [0.2, 0.25) is 0 Å². The lowest BCUT2D eigenvalue weighted by Crippen LogP contribution is -2.32. The van der Waals surface area contributed by atoms with Crippen LogP contribution in [0.1, 0.15) is 34.3 Å². The Morgan fingerprint density at radius 3 is 1.95 bits per heavy atom. The smallest absolute Gasteiger partial charge is 0.253 e. The average Bonchev–Trinajstić information content (AvgIpc) is 2.37. The van der Waals surface area contributed by atoms with E-state index < -0.39 is 0 Å². The summed E-state index contributed by atoms with van der Waals surface area (Å²) in [6, 6.07) is 9.73. The Morgan fingerprint density at radius 1 is 1.05 bits per heavy atom. The molecule has 0 heterocycles. The Labute approximate surface area is 113 Å². The first-order valence-corrected chi connectivity index (χ1v) is 6.20. The second kappa shape index (κ2) is 7.18. The number of carbonyl (C=O) groups excluding carboxylic acids is 1. The molecule has 1 aromatic carbocycles. The van der Waals surface area contributed by atoms with Gasteiger partial charge in [0.25, 0.3) is 5.91 Å². The molecule has 0 N–H and O–H groups in total. The van der Waals surface area contributed by atoms with E-state index in [4.69, 9.17) is 10.5 Å². The first kappa shape index (κ1) is 14.7. The summed E-state index contributed by atoms with van der Waals surface area (Å²) in [5, 5.41) is 17.3. The molecule has 0 saturated carbocycles. The summed E-state index contributed by atoms with van der Waals surface area (Å²) < 4.78 is 0. The number of hydrogen-bond acceptors (Lipinski definition) is 3. The lowest BCUT2D eigenvalue weighted by Gasteiger charge is -2.20. The zero-order valence-corrected chi connectivity index (χ0v) is 11.3. The van der Waals surface area contributed by atoms with Crippen LogP contribution >= 0.6 is 0 Å². The van der Waals surface area contributed by atoms with Crippen molar-refractivity contribution in [3.8, 4) is 12.1 Å². The van der Waals surface area contributed by atoms with Crippen molar-refractivity contribution in [2.45, 2.75) is 26.7 Å². The SMILES string of the molecule is Cc1cc(C)cc(C(=O)N(CCC#N)CCC#N)c1. The van der Waals surface area contributed by atoms with Crippen LogP contribution in [-0.2, 0) is 0 Å². The van der Waals surface area contributed by atoms with Crippen molar-refractivity contribution < 1.29 is 4.79 Å². The van der Waals surface area contributed by atoms with Gasteiger partial charge in [0.1, 0.15) is 0 Å². The molecule has 1 rings (SSSR count).